The number of benzene rings is 1. The topological polar surface area (TPSA) is 75.7 Å². The number of hydrogen-bond acceptors (Lipinski definition) is 4. The maximum atomic E-state index is 12.3. The van der Waals surface area contributed by atoms with Crippen molar-refractivity contribution in [3.8, 4) is 0 Å². The number of rotatable bonds is 3. The summed E-state index contributed by atoms with van der Waals surface area (Å²) >= 11 is 0. The predicted molar refractivity (Wildman–Crippen MR) is 86.0 cm³/mol. The number of nitrogens with one attached hydrogen (secondary N) is 1. The molecule has 0 unspecified atom stereocenters. The second-order valence-corrected chi connectivity index (χ2v) is 6.63. The second-order valence-electron chi connectivity index (χ2n) is 6.63. The summed E-state index contributed by atoms with van der Waals surface area (Å²) < 4.78 is 4.62. The first kappa shape index (κ1) is 17.0. The third-order valence-electron chi connectivity index (χ3n) is 3.88. The normalized spacial score (nSPS) is 18.0. The van der Waals surface area contributed by atoms with Crippen LogP contribution in [0, 0.1) is 5.92 Å². The maximum absolute atomic E-state index is 12.3. The van der Waals surface area contributed by atoms with E-state index in [1.165, 1.54) is 7.11 Å². The Morgan fingerprint density at radius 2 is 1.83 bits per heavy atom. The Labute approximate surface area is 135 Å². The summed E-state index contributed by atoms with van der Waals surface area (Å²) in [5, 5.41) is 2.79. The highest BCUT2D eigenvalue weighted by atomic mass is 16.5. The molecule has 0 bridgehead atoms. The third kappa shape index (κ3) is 3.88. The van der Waals surface area contributed by atoms with Crippen molar-refractivity contribution in [2.24, 2.45) is 5.92 Å². The van der Waals surface area contributed by atoms with Gasteiger partial charge in [0.1, 0.15) is 0 Å². The predicted octanol–water partition coefficient (Wildman–Crippen LogP) is 2.06. The summed E-state index contributed by atoms with van der Waals surface area (Å²) in [6.45, 7) is 6.29. The molecular weight excluding hydrogens is 296 g/mol. The highest BCUT2D eigenvalue weighted by molar-refractivity contribution is 5.98. The van der Waals surface area contributed by atoms with Gasteiger partial charge in [-0.3, -0.25) is 9.59 Å². The van der Waals surface area contributed by atoms with E-state index in [9.17, 15) is 14.4 Å². The van der Waals surface area contributed by atoms with E-state index in [1.807, 2.05) is 20.8 Å². The highest BCUT2D eigenvalue weighted by Crippen LogP contribution is 2.26. The van der Waals surface area contributed by atoms with E-state index in [1.54, 1.807) is 29.2 Å². The number of amides is 2. The number of esters is 1. The molecule has 2 rings (SSSR count). The van der Waals surface area contributed by atoms with Crippen molar-refractivity contribution in [2.75, 3.05) is 19.0 Å². The number of carbonyl (C=O) groups excluding carboxylic acids is 3. The molecule has 0 spiro atoms. The number of methoxy groups -OCH3 is 1. The molecule has 0 saturated carbocycles. The van der Waals surface area contributed by atoms with Gasteiger partial charge in [-0.15, -0.1) is 0 Å². The van der Waals surface area contributed by atoms with Gasteiger partial charge in [0.05, 0.1) is 18.6 Å². The number of likely N-dealkylation sites (tertiary alicyclic amines) is 1. The number of nitrogens with zero attached hydrogens (tertiary/aromatic N) is 1. The van der Waals surface area contributed by atoms with Gasteiger partial charge in [0, 0.05) is 24.2 Å². The molecule has 2 amide bonds. The zero-order chi connectivity index (χ0) is 17.2. The molecule has 1 saturated heterocycles. The molecule has 1 atom stereocenters. The van der Waals surface area contributed by atoms with Gasteiger partial charge in [-0.25, -0.2) is 4.79 Å². The Morgan fingerprint density at radius 1 is 1.22 bits per heavy atom. The fourth-order valence-electron chi connectivity index (χ4n) is 2.58. The van der Waals surface area contributed by atoms with Crippen LogP contribution in [0.3, 0.4) is 0 Å². The fraction of sp³-hybridized carbons (Fsp3) is 0.471. The minimum atomic E-state index is -0.426. The van der Waals surface area contributed by atoms with Crippen molar-refractivity contribution in [2.45, 2.75) is 32.7 Å². The molecule has 23 heavy (non-hydrogen) atoms. The van der Waals surface area contributed by atoms with Crippen molar-refractivity contribution in [1.82, 2.24) is 4.90 Å². The second kappa shape index (κ2) is 6.40. The number of ether oxygens (including phenoxy) is 1. The molecule has 124 valence electrons. The molecule has 1 aromatic carbocycles. The summed E-state index contributed by atoms with van der Waals surface area (Å²) in [6, 6.07) is 6.45. The van der Waals surface area contributed by atoms with Crippen LogP contribution in [0.15, 0.2) is 24.3 Å². The quantitative estimate of drug-likeness (QED) is 0.866. The number of anilines is 1. The first-order chi connectivity index (χ1) is 10.7. The lowest BCUT2D eigenvalue weighted by atomic mass is 10.1. The van der Waals surface area contributed by atoms with Gasteiger partial charge in [-0.05, 0) is 45.0 Å². The van der Waals surface area contributed by atoms with Gasteiger partial charge in [-0.2, -0.15) is 0 Å². The molecule has 1 aliphatic heterocycles. The van der Waals surface area contributed by atoms with Crippen LogP contribution in [0.5, 0.6) is 0 Å². The Kier molecular flexibility index (Phi) is 4.73. The molecule has 1 N–H and O–H groups in total. The smallest absolute Gasteiger partial charge is 0.337 e. The van der Waals surface area contributed by atoms with Gasteiger partial charge in [0.25, 0.3) is 0 Å². The summed E-state index contributed by atoms with van der Waals surface area (Å²) in [6.07, 6.45) is 0.226. The molecule has 6 heteroatoms. The lowest BCUT2D eigenvalue weighted by molar-refractivity contribution is -0.131. The standard InChI is InChI=1S/C17H22N2O4/c1-17(2,3)19-10-12(9-14(19)20)15(21)18-13-7-5-11(6-8-13)16(22)23-4/h5-8,12H,9-10H2,1-4H3,(H,18,21)/t12-/m1/s1. The van der Waals surface area contributed by atoms with E-state index >= 15 is 0 Å². The summed E-state index contributed by atoms with van der Waals surface area (Å²) in [4.78, 5) is 37.5. The van der Waals surface area contributed by atoms with Crippen LogP contribution in [0.4, 0.5) is 5.69 Å². The Balaban J connectivity index is 2.00. The van der Waals surface area contributed by atoms with Crippen LogP contribution >= 0.6 is 0 Å². The number of carbonyl (C=O) groups is 3. The van der Waals surface area contributed by atoms with E-state index in [4.69, 9.17) is 0 Å². The summed E-state index contributed by atoms with van der Waals surface area (Å²) in [5.41, 5.74) is 0.721. The maximum Gasteiger partial charge on any atom is 0.337 e. The SMILES string of the molecule is COC(=O)c1ccc(NC(=O)[C@@H]2CC(=O)N(C(C)(C)C)C2)cc1. The van der Waals surface area contributed by atoms with Crippen LogP contribution in [0.25, 0.3) is 0 Å². The van der Waals surface area contributed by atoms with Crippen molar-refractivity contribution < 1.29 is 19.1 Å². The largest absolute Gasteiger partial charge is 0.465 e. The molecule has 1 aromatic rings. The Morgan fingerprint density at radius 3 is 2.30 bits per heavy atom. The average molecular weight is 318 g/mol. The lowest BCUT2D eigenvalue weighted by Crippen LogP contribution is -2.42. The Bertz CT molecular complexity index is 616. The summed E-state index contributed by atoms with van der Waals surface area (Å²) in [5.74, 6) is -0.971. The van der Waals surface area contributed by atoms with Gasteiger partial charge in [0.15, 0.2) is 0 Å². The molecule has 1 aliphatic rings. The minimum Gasteiger partial charge on any atom is -0.465 e. The van der Waals surface area contributed by atoms with Crippen LogP contribution in [-0.2, 0) is 14.3 Å². The van der Waals surface area contributed by atoms with Gasteiger partial charge >= 0.3 is 5.97 Å². The zero-order valence-corrected chi connectivity index (χ0v) is 13.9. The van der Waals surface area contributed by atoms with Crippen LogP contribution < -0.4 is 5.32 Å². The van der Waals surface area contributed by atoms with Gasteiger partial charge in [-0.1, -0.05) is 0 Å². The van der Waals surface area contributed by atoms with E-state index in [2.05, 4.69) is 10.1 Å². The highest BCUT2D eigenvalue weighted by Gasteiger charge is 2.39. The van der Waals surface area contributed by atoms with Crippen LogP contribution in [0.1, 0.15) is 37.6 Å². The van der Waals surface area contributed by atoms with Crippen LogP contribution in [-0.4, -0.2) is 41.9 Å². The first-order valence-corrected chi connectivity index (χ1v) is 7.52. The van der Waals surface area contributed by atoms with Gasteiger partial charge < -0.3 is 15.0 Å². The fourth-order valence-corrected chi connectivity index (χ4v) is 2.58. The number of hydrogen-bond donors (Lipinski definition) is 1. The van der Waals surface area contributed by atoms with E-state index in [0.717, 1.165) is 0 Å². The first-order valence-electron chi connectivity index (χ1n) is 7.52. The molecule has 0 aromatic heterocycles. The molecule has 0 radical (unpaired) electrons. The molecular formula is C17H22N2O4. The average Bonchev–Trinajstić information content (AvgIpc) is 2.89. The Hall–Kier alpha value is -2.37. The van der Waals surface area contributed by atoms with E-state index in [0.29, 0.717) is 17.8 Å². The molecule has 1 heterocycles. The minimum absolute atomic E-state index is 0.00121. The summed E-state index contributed by atoms with van der Waals surface area (Å²) in [7, 11) is 1.32. The van der Waals surface area contributed by atoms with E-state index in [-0.39, 0.29) is 29.7 Å². The molecule has 1 fully saturated rings. The van der Waals surface area contributed by atoms with Crippen molar-refractivity contribution in [3.63, 3.8) is 0 Å². The third-order valence-corrected chi connectivity index (χ3v) is 3.88. The van der Waals surface area contributed by atoms with Crippen molar-refractivity contribution in [1.29, 1.82) is 0 Å². The van der Waals surface area contributed by atoms with Crippen molar-refractivity contribution >= 4 is 23.5 Å². The lowest BCUT2D eigenvalue weighted by Gasteiger charge is -2.31. The monoisotopic (exact) mass is 318 g/mol. The molecule has 0 aliphatic carbocycles. The van der Waals surface area contributed by atoms with Gasteiger partial charge in [0.2, 0.25) is 11.8 Å². The van der Waals surface area contributed by atoms with Crippen molar-refractivity contribution in [3.05, 3.63) is 29.8 Å². The zero-order valence-electron chi connectivity index (χ0n) is 13.9. The van der Waals surface area contributed by atoms with E-state index < -0.39 is 5.97 Å². The molecule has 6 nitrogen and oxygen atoms in total. The van der Waals surface area contributed by atoms with Crippen LogP contribution in [0.2, 0.25) is 0 Å².